The van der Waals surface area contributed by atoms with Crippen LogP contribution in [0.25, 0.3) is 0 Å². The molecule has 3 heteroatoms. The predicted molar refractivity (Wildman–Crippen MR) is 65.1 cm³/mol. The van der Waals surface area contributed by atoms with Crippen molar-refractivity contribution < 1.29 is 0 Å². The number of rotatable bonds is 5. The van der Waals surface area contributed by atoms with Crippen LogP contribution in [0.15, 0.2) is 5.38 Å². The number of aromatic nitrogens is 1. The van der Waals surface area contributed by atoms with Crippen LogP contribution in [-0.2, 0) is 6.54 Å². The Morgan fingerprint density at radius 3 is 2.73 bits per heavy atom. The van der Waals surface area contributed by atoms with Gasteiger partial charge in [-0.15, -0.1) is 11.3 Å². The molecule has 1 saturated carbocycles. The van der Waals surface area contributed by atoms with E-state index in [1.54, 1.807) is 11.3 Å². The van der Waals surface area contributed by atoms with Crippen molar-refractivity contribution in [3.05, 3.63) is 16.1 Å². The topological polar surface area (TPSA) is 24.9 Å². The van der Waals surface area contributed by atoms with Crippen molar-refractivity contribution in [3.8, 4) is 0 Å². The number of nitrogens with zero attached hydrogens (tertiary/aromatic N) is 1. The molecule has 0 bridgehead atoms. The average Bonchev–Trinajstić information content (AvgIpc) is 2.86. The van der Waals surface area contributed by atoms with Crippen LogP contribution < -0.4 is 5.32 Å². The Hall–Kier alpha value is -0.410. The maximum atomic E-state index is 4.45. The molecule has 1 aliphatic carbocycles. The van der Waals surface area contributed by atoms with E-state index in [1.807, 2.05) is 0 Å². The maximum absolute atomic E-state index is 4.45. The second-order valence-corrected chi connectivity index (χ2v) is 6.04. The van der Waals surface area contributed by atoms with Crippen LogP contribution in [0.4, 0.5) is 0 Å². The van der Waals surface area contributed by atoms with E-state index in [0.29, 0.717) is 5.41 Å². The zero-order chi connectivity index (χ0) is 10.9. The first-order valence-corrected chi connectivity index (χ1v) is 6.62. The number of hydrogen-bond acceptors (Lipinski definition) is 3. The molecule has 0 atom stereocenters. The van der Waals surface area contributed by atoms with Crippen molar-refractivity contribution in [1.29, 1.82) is 0 Å². The van der Waals surface area contributed by atoms with Gasteiger partial charge in [-0.05, 0) is 31.1 Å². The summed E-state index contributed by atoms with van der Waals surface area (Å²) < 4.78 is 0. The summed E-state index contributed by atoms with van der Waals surface area (Å²) in [6, 6.07) is 0. The third-order valence-corrected chi connectivity index (χ3v) is 4.39. The van der Waals surface area contributed by atoms with Gasteiger partial charge in [0.2, 0.25) is 0 Å². The minimum atomic E-state index is 0.602. The lowest BCUT2D eigenvalue weighted by atomic mass is 9.92. The van der Waals surface area contributed by atoms with Gasteiger partial charge in [0, 0.05) is 18.5 Å². The fourth-order valence-electron chi connectivity index (χ4n) is 2.05. The van der Waals surface area contributed by atoms with Gasteiger partial charge in [0.15, 0.2) is 0 Å². The van der Waals surface area contributed by atoms with Crippen LogP contribution in [-0.4, -0.2) is 11.5 Å². The van der Waals surface area contributed by atoms with Crippen molar-refractivity contribution in [2.45, 2.75) is 40.2 Å². The highest BCUT2D eigenvalue weighted by atomic mass is 32.1. The lowest BCUT2D eigenvalue weighted by molar-refractivity contribution is 0.337. The summed E-state index contributed by atoms with van der Waals surface area (Å²) in [6.45, 7) is 8.81. The Bertz CT molecular complexity index is 326. The van der Waals surface area contributed by atoms with Crippen molar-refractivity contribution in [1.82, 2.24) is 10.3 Å². The maximum Gasteiger partial charge on any atom is 0.0897 e. The van der Waals surface area contributed by atoms with Crippen molar-refractivity contribution in [2.75, 3.05) is 6.54 Å². The quantitative estimate of drug-likeness (QED) is 0.831. The van der Waals surface area contributed by atoms with Gasteiger partial charge in [-0.3, -0.25) is 0 Å². The van der Waals surface area contributed by atoms with Crippen LogP contribution >= 0.6 is 11.3 Å². The molecule has 1 aliphatic rings. The Balaban J connectivity index is 1.76. The standard InChI is InChI=1S/C12H20N2S/c1-9(2)12(4-5-12)8-13-6-11-7-15-10(3)14-11/h7,9,13H,4-6,8H2,1-3H3. The number of nitrogens with one attached hydrogen (secondary N) is 1. The van der Waals surface area contributed by atoms with Crippen molar-refractivity contribution in [3.63, 3.8) is 0 Å². The van der Waals surface area contributed by atoms with E-state index >= 15 is 0 Å². The predicted octanol–water partition coefficient (Wildman–Crippen LogP) is 2.98. The summed E-state index contributed by atoms with van der Waals surface area (Å²) in [5.41, 5.74) is 1.79. The van der Waals surface area contributed by atoms with Crippen LogP contribution in [0, 0.1) is 18.3 Å². The minimum absolute atomic E-state index is 0.602. The molecule has 15 heavy (non-hydrogen) atoms. The molecular formula is C12H20N2S. The Labute approximate surface area is 96.1 Å². The van der Waals surface area contributed by atoms with Crippen LogP contribution in [0.1, 0.15) is 37.4 Å². The van der Waals surface area contributed by atoms with Gasteiger partial charge >= 0.3 is 0 Å². The summed E-state index contributed by atoms with van der Waals surface area (Å²) in [4.78, 5) is 4.45. The molecular weight excluding hydrogens is 204 g/mol. The van der Waals surface area contributed by atoms with Crippen LogP contribution in [0.3, 0.4) is 0 Å². The molecule has 2 rings (SSSR count). The normalized spacial score (nSPS) is 18.4. The van der Waals surface area contributed by atoms with E-state index < -0.39 is 0 Å². The lowest BCUT2D eigenvalue weighted by Crippen LogP contribution is -2.27. The third-order valence-electron chi connectivity index (χ3n) is 3.57. The second-order valence-electron chi connectivity index (χ2n) is 4.98. The fourth-order valence-corrected chi connectivity index (χ4v) is 2.66. The zero-order valence-electron chi connectivity index (χ0n) is 9.84. The minimum Gasteiger partial charge on any atom is -0.311 e. The van der Waals surface area contributed by atoms with E-state index in [-0.39, 0.29) is 0 Å². The number of thiazole rings is 1. The van der Waals surface area contributed by atoms with Gasteiger partial charge in [0.25, 0.3) is 0 Å². The zero-order valence-corrected chi connectivity index (χ0v) is 10.7. The van der Waals surface area contributed by atoms with Gasteiger partial charge in [-0.25, -0.2) is 4.98 Å². The fraction of sp³-hybridized carbons (Fsp3) is 0.750. The molecule has 1 N–H and O–H groups in total. The molecule has 0 unspecified atom stereocenters. The van der Waals surface area contributed by atoms with E-state index in [1.165, 1.54) is 18.5 Å². The second kappa shape index (κ2) is 4.22. The smallest absolute Gasteiger partial charge is 0.0897 e. The van der Waals surface area contributed by atoms with Crippen molar-refractivity contribution in [2.24, 2.45) is 11.3 Å². The Kier molecular flexibility index (Phi) is 3.12. The number of aryl methyl sites for hydroxylation is 1. The highest BCUT2D eigenvalue weighted by molar-refractivity contribution is 7.09. The first-order chi connectivity index (χ1) is 7.12. The molecule has 0 aromatic carbocycles. The summed E-state index contributed by atoms with van der Waals surface area (Å²) in [6.07, 6.45) is 2.79. The summed E-state index contributed by atoms with van der Waals surface area (Å²) >= 11 is 1.73. The molecule has 0 spiro atoms. The van der Waals surface area contributed by atoms with Gasteiger partial charge in [0.05, 0.1) is 10.7 Å². The average molecular weight is 224 g/mol. The van der Waals surface area contributed by atoms with E-state index in [2.05, 4.69) is 36.5 Å². The molecule has 0 radical (unpaired) electrons. The number of hydrogen-bond donors (Lipinski definition) is 1. The molecule has 1 aromatic heterocycles. The first kappa shape index (κ1) is 11.1. The van der Waals surface area contributed by atoms with Crippen LogP contribution in [0.2, 0.25) is 0 Å². The molecule has 2 nitrogen and oxygen atoms in total. The summed E-state index contributed by atoms with van der Waals surface area (Å²) in [7, 11) is 0. The van der Waals surface area contributed by atoms with Crippen LogP contribution in [0.5, 0.6) is 0 Å². The lowest BCUT2D eigenvalue weighted by Gasteiger charge is -2.19. The highest BCUT2D eigenvalue weighted by Gasteiger charge is 2.44. The monoisotopic (exact) mass is 224 g/mol. The van der Waals surface area contributed by atoms with Gasteiger partial charge in [-0.2, -0.15) is 0 Å². The summed E-state index contributed by atoms with van der Waals surface area (Å²) in [5.74, 6) is 0.808. The van der Waals surface area contributed by atoms with Gasteiger partial charge in [-0.1, -0.05) is 13.8 Å². The Morgan fingerprint density at radius 2 is 2.27 bits per heavy atom. The van der Waals surface area contributed by atoms with Gasteiger partial charge in [0.1, 0.15) is 0 Å². The van der Waals surface area contributed by atoms with Gasteiger partial charge < -0.3 is 5.32 Å². The van der Waals surface area contributed by atoms with E-state index in [4.69, 9.17) is 0 Å². The molecule has 1 heterocycles. The molecule has 1 fully saturated rings. The molecule has 0 amide bonds. The molecule has 1 aromatic rings. The Morgan fingerprint density at radius 1 is 1.53 bits per heavy atom. The van der Waals surface area contributed by atoms with E-state index in [9.17, 15) is 0 Å². The van der Waals surface area contributed by atoms with Crippen molar-refractivity contribution >= 4 is 11.3 Å². The SMILES string of the molecule is Cc1nc(CNCC2(C(C)C)CC2)cs1. The largest absolute Gasteiger partial charge is 0.311 e. The van der Waals surface area contributed by atoms with E-state index in [0.717, 1.165) is 24.0 Å². The first-order valence-electron chi connectivity index (χ1n) is 5.74. The third kappa shape index (κ3) is 2.58. The summed E-state index contributed by atoms with van der Waals surface area (Å²) in [5, 5.41) is 6.86. The molecule has 0 saturated heterocycles. The highest BCUT2D eigenvalue weighted by Crippen LogP contribution is 2.51. The molecule has 0 aliphatic heterocycles. The molecule has 84 valence electrons.